The highest BCUT2D eigenvalue weighted by Gasteiger charge is 2.53. The van der Waals surface area contributed by atoms with E-state index < -0.39 is 0 Å². The number of pyridine rings is 1. The van der Waals surface area contributed by atoms with Crippen molar-refractivity contribution in [3.8, 4) is 0 Å². The molecule has 3 N–H and O–H groups in total. The lowest BCUT2D eigenvalue weighted by Crippen LogP contribution is -2.47. The standard InChI is InChI=1S/C21H31N5O2.ClH/c22-20(27)18-15-5-6-16(14-15)19(18)21(28)24-8-3-9-25-10-12-26(13-11-25)17-4-1-2-7-23-17;/h1-2,4,7,15-16,18-19H,3,5-6,8-14H2,(H2,22,27)(H,24,28);1H. The summed E-state index contributed by atoms with van der Waals surface area (Å²) in [5, 5.41) is 3.07. The van der Waals surface area contributed by atoms with Gasteiger partial charge in [-0.3, -0.25) is 14.5 Å². The topological polar surface area (TPSA) is 91.6 Å². The van der Waals surface area contributed by atoms with Crippen molar-refractivity contribution >= 4 is 30.0 Å². The van der Waals surface area contributed by atoms with E-state index in [1.54, 1.807) is 0 Å². The number of carbonyl (C=O) groups is 2. The molecule has 1 aromatic rings. The maximum atomic E-state index is 12.7. The van der Waals surface area contributed by atoms with E-state index in [2.05, 4.69) is 26.2 Å². The molecule has 3 aliphatic rings. The molecule has 3 fully saturated rings. The molecule has 4 unspecified atom stereocenters. The van der Waals surface area contributed by atoms with Gasteiger partial charge in [0.15, 0.2) is 0 Å². The minimum Gasteiger partial charge on any atom is -0.369 e. The van der Waals surface area contributed by atoms with Gasteiger partial charge in [-0.2, -0.15) is 0 Å². The number of hydrogen-bond donors (Lipinski definition) is 2. The number of nitrogens with zero attached hydrogens (tertiary/aromatic N) is 3. The van der Waals surface area contributed by atoms with E-state index in [4.69, 9.17) is 5.73 Å². The van der Waals surface area contributed by atoms with E-state index in [1.165, 1.54) is 0 Å². The molecular weight excluding hydrogens is 390 g/mol. The molecule has 2 aliphatic carbocycles. The van der Waals surface area contributed by atoms with Crippen LogP contribution in [0.4, 0.5) is 5.82 Å². The maximum Gasteiger partial charge on any atom is 0.224 e. The van der Waals surface area contributed by atoms with Crippen LogP contribution in [0, 0.1) is 23.7 Å². The second-order valence-corrected chi connectivity index (χ2v) is 8.45. The molecule has 1 saturated heterocycles. The number of aromatic nitrogens is 1. The molecule has 2 heterocycles. The Morgan fingerprint density at radius 2 is 1.83 bits per heavy atom. The summed E-state index contributed by atoms with van der Waals surface area (Å²) in [5.41, 5.74) is 5.58. The molecule has 8 heteroatoms. The van der Waals surface area contributed by atoms with Gasteiger partial charge in [0, 0.05) is 38.9 Å². The van der Waals surface area contributed by atoms with Gasteiger partial charge in [-0.05, 0) is 56.2 Å². The van der Waals surface area contributed by atoms with E-state index in [0.29, 0.717) is 18.4 Å². The SMILES string of the molecule is Cl.NC(=O)C1C2CCC(C2)C1C(=O)NCCCN1CCN(c2ccccn2)CC1. The molecule has 2 bridgehead atoms. The highest BCUT2D eigenvalue weighted by atomic mass is 35.5. The van der Waals surface area contributed by atoms with Crippen molar-refractivity contribution in [1.29, 1.82) is 0 Å². The number of nitrogens with two attached hydrogens (primary N) is 1. The first-order valence-electron chi connectivity index (χ1n) is 10.6. The average molecular weight is 422 g/mol. The van der Waals surface area contributed by atoms with Gasteiger partial charge < -0.3 is 16.0 Å². The molecule has 2 saturated carbocycles. The van der Waals surface area contributed by atoms with Crippen LogP contribution in [-0.4, -0.2) is 61.0 Å². The molecule has 29 heavy (non-hydrogen) atoms. The zero-order valence-corrected chi connectivity index (χ0v) is 17.7. The van der Waals surface area contributed by atoms with E-state index in [9.17, 15) is 9.59 Å². The Morgan fingerprint density at radius 3 is 2.48 bits per heavy atom. The van der Waals surface area contributed by atoms with Gasteiger partial charge in [0.1, 0.15) is 5.82 Å². The second-order valence-electron chi connectivity index (χ2n) is 8.45. The van der Waals surface area contributed by atoms with Crippen molar-refractivity contribution in [3.05, 3.63) is 24.4 Å². The number of piperazine rings is 1. The number of primary amides is 1. The fourth-order valence-corrected chi connectivity index (χ4v) is 5.45. The number of amides is 2. The summed E-state index contributed by atoms with van der Waals surface area (Å²) in [6.07, 6.45) is 5.87. The van der Waals surface area contributed by atoms with Gasteiger partial charge in [0.05, 0.1) is 11.8 Å². The molecule has 1 aliphatic heterocycles. The third-order valence-corrected chi connectivity index (χ3v) is 6.84. The molecule has 1 aromatic heterocycles. The van der Waals surface area contributed by atoms with Crippen LogP contribution in [0.5, 0.6) is 0 Å². The number of nitrogens with one attached hydrogen (secondary N) is 1. The lowest BCUT2D eigenvalue weighted by Gasteiger charge is -2.35. The fourth-order valence-electron chi connectivity index (χ4n) is 5.45. The zero-order valence-electron chi connectivity index (χ0n) is 16.8. The summed E-state index contributed by atoms with van der Waals surface area (Å²) >= 11 is 0. The van der Waals surface area contributed by atoms with Crippen molar-refractivity contribution in [1.82, 2.24) is 15.2 Å². The van der Waals surface area contributed by atoms with Crippen molar-refractivity contribution in [3.63, 3.8) is 0 Å². The molecule has 0 radical (unpaired) electrons. The van der Waals surface area contributed by atoms with E-state index in [0.717, 1.165) is 64.2 Å². The van der Waals surface area contributed by atoms with Crippen LogP contribution in [0.15, 0.2) is 24.4 Å². The largest absolute Gasteiger partial charge is 0.369 e. The normalized spacial score (nSPS) is 28.8. The summed E-state index contributed by atoms with van der Waals surface area (Å²) in [7, 11) is 0. The Morgan fingerprint density at radius 1 is 1.10 bits per heavy atom. The predicted octanol–water partition coefficient (Wildman–Crippen LogP) is 1.28. The third kappa shape index (κ3) is 4.83. The number of fused-ring (bicyclic) bond motifs is 2. The first kappa shape index (κ1) is 21.8. The van der Waals surface area contributed by atoms with Crippen LogP contribution in [-0.2, 0) is 9.59 Å². The Hall–Kier alpha value is -1.86. The molecule has 0 aromatic carbocycles. The third-order valence-electron chi connectivity index (χ3n) is 6.84. The summed E-state index contributed by atoms with van der Waals surface area (Å²) in [6, 6.07) is 6.02. The molecule has 7 nitrogen and oxygen atoms in total. The van der Waals surface area contributed by atoms with Crippen molar-refractivity contribution < 1.29 is 9.59 Å². The van der Waals surface area contributed by atoms with Gasteiger partial charge in [0.25, 0.3) is 0 Å². The average Bonchev–Trinajstić information content (AvgIpc) is 3.34. The van der Waals surface area contributed by atoms with E-state index in [-0.39, 0.29) is 36.1 Å². The second kappa shape index (κ2) is 9.76. The first-order chi connectivity index (χ1) is 13.6. The molecule has 160 valence electrons. The number of halogens is 1. The lowest BCUT2D eigenvalue weighted by molar-refractivity contribution is -0.135. The number of rotatable bonds is 7. The molecular formula is C21H32ClN5O2. The summed E-state index contributed by atoms with van der Waals surface area (Å²) < 4.78 is 0. The predicted molar refractivity (Wildman–Crippen MR) is 115 cm³/mol. The van der Waals surface area contributed by atoms with Crippen molar-refractivity contribution in [2.45, 2.75) is 25.7 Å². The highest BCUT2D eigenvalue weighted by molar-refractivity contribution is 5.88. The van der Waals surface area contributed by atoms with Crippen LogP contribution in [0.1, 0.15) is 25.7 Å². The molecule has 2 amide bonds. The fraction of sp³-hybridized carbons (Fsp3) is 0.667. The summed E-state index contributed by atoms with van der Waals surface area (Å²) in [4.78, 5) is 33.6. The first-order valence-corrected chi connectivity index (χ1v) is 10.6. The Kier molecular flexibility index (Phi) is 7.35. The van der Waals surface area contributed by atoms with Crippen LogP contribution < -0.4 is 16.0 Å². The van der Waals surface area contributed by atoms with Gasteiger partial charge in [-0.1, -0.05) is 6.07 Å². The Bertz CT molecular complexity index is 696. The lowest BCUT2D eigenvalue weighted by atomic mass is 9.78. The Balaban J connectivity index is 0.00000240. The summed E-state index contributed by atoms with van der Waals surface area (Å²) in [6.45, 7) is 5.63. The van der Waals surface area contributed by atoms with Crippen molar-refractivity contribution in [2.75, 3.05) is 44.2 Å². The quantitative estimate of drug-likeness (QED) is 0.647. The van der Waals surface area contributed by atoms with Crippen molar-refractivity contribution in [2.24, 2.45) is 29.4 Å². The van der Waals surface area contributed by atoms with Gasteiger partial charge >= 0.3 is 0 Å². The maximum absolute atomic E-state index is 12.7. The minimum absolute atomic E-state index is 0. The molecule has 4 atom stereocenters. The number of anilines is 1. The van der Waals surface area contributed by atoms with E-state index >= 15 is 0 Å². The molecule has 0 spiro atoms. The Labute approximate surface area is 178 Å². The monoisotopic (exact) mass is 421 g/mol. The van der Waals surface area contributed by atoms with Gasteiger partial charge in [-0.15, -0.1) is 12.4 Å². The zero-order chi connectivity index (χ0) is 19.5. The number of carbonyl (C=O) groups excluding carboxylic acids is 2. The van der Waals surface area contributed by atoms with Gasteiger partial charge in [0.2, 0.25) is 11.8 Å². The van der Waals surface area contributed by atoms with Crippen LogP contribution >= 0.6 is 12.4 Å². The van der Waals surface area contributed by atoms with E-state index in [1.807, 2.05) is 18.3 Å². The molecule has 4 rings (SSSR count). The van der Waals surface area contributed by atoms with Gasteiger partial charge in [-0.25, -0.2) is 4.98 Å². The van der Waals surface area contributed by atoms with Crippen LogP contribution in [0.3, 0.4) is 0 Å². The van der Waals surface area contributed by atoms with Crippen LogP contribution in [0.25, 0.3) is 0 Å². The summed E-state index contributed by atoms with van der Waals surface area (Å²) in [5.74, 6) is 1.02. The highest BCUT2D eigenvalue weighted by Crippen LogP contribution is 2.52. The smallest absolute Gasteiger partial charge is 0.224 e. The minimum atomic E-state index is -0.293. The number of hydrogen-bond acceptors (Lipinski definition) is 5. The van der Waals surface area contributed by atoms with Crippen LogP contribution in [0.2, 0.25) is 0 Å².